The highest BCUT2D eigenvalue weighted by Gasteiger charge is 2.21. The van der Waals surface area contributed by atoms with E-state index in [1.165, 1.54) is 0 Å². The van der Waals surface area contributed by atoms with Gasteiger partial charge < -0.3 is 22.8 Å². The maximum atomic E-state index is 10.3. The lowest BCUT2D eigenvalue weighted by Crippen LogP contribution is -3.00. The Hall–Kier alpha value is -0.280. The van der Waals surface area contributed by atoms with Crippen LogP contribution < -0.4 is 17.7 Å². The smallest absolute Gasteiger partial charge is 0.306 e. The Morgan fingerprint density at radius 2 is 1.90 bits per heavy atom. The molecule has 60 valence electrons. The van der Waals surface area contributed by atoms with E-state index in [-0.39, 0.29) is 18.3 Å². The van der Waals surface area contributed by atoms with Gasteiger partial charge in [0.1, 0.15) is 0 Å². The van der Waals surface area contributed by atoms with Crippen molar-refractivity contribution < 1.29 is 27.6 Å². The van der Waals surface area contributed by atoms with E-state index < -0.39 is 5.97 Å². The number of halogens is 1. The van der Waals surface area contributed by atoms with Gasteiger partial charge in [-0.25, -0.2) is 0 Å². The number of nitrogens with two attached hydrogens (primary N) is 1. The first-order chi connectivity index (χ1) is 4.30. The summed E-state index contributed by atoms with van der Waals surface area (Å²) in [5.74, 6) is -0.682. The van der Waals surface area contributed by atoms with Crippen molar-refractivity contribution in [3.63, 3.8) is 0 Å². The maximum Gasteiger partial charge on any atom is 0.306 e. The summed E-state index contributed by atoms with van der Waals surface area (Å²) in [5, 5.41) is 10.7. The second-order valence-corrected chi connectivity index (χ2v) is 2.48. The molecule has 10 heavy (non-hydrogen) atoms. The van der Waals surface area contributed by atoms with Gasteiger partial charge >= 0.3 is 5.97 Å². The SMILES string of the molecule is O=C(O)C1CC[NH2+]CC1.[Cl-]. The van der Waals surface area contributed by atoms with Gasteiger partial charge in [-0.2, -0.15) is 0 Å². The second-order valence-electron chi connectivity index (χ2n) is 2.48. The van der Waals surface area contributed by atoms with Crippen molar-refractivity contribution in [1.29, 1.82) is 0 Å². The van der Waals surface area contributed by atoms with Crippen molar-refractivity contribution >= 4 is 5.97 Å². The number of quaternary nitrogens is 1. The lowest BCUT2D eigenvalue weighted by molar-refractivity contribution is -0.664. The predicted octanol–water partition coefficient (Wildman–Crippen LogP) is -3.95. The highest BCUT2D eigenvalue weighted by atomic mass is 35.5. The van der Waals surface area contributed by atoms with E-state index in [1.54, 1.807) is 0 Å². The Bertz CT molecular complexity index is 112. The number of hydrogen-bond acceptors (Lipinski definition) is 1. The fraction of sp³-hybridized carbons (Fsp3) is 0.833. The first kappa shape index (κ1) is 9.72. The molecule has 0 unspecified atom stereocenters. The van der Waals surface area contributed by atoms with Gasteiger partial charge in [0.2, 0.25) is 0 Å². The highest BCUT2D eigenvalue weighted by Crippen LogP contribution is 2.07. The molecule has 0 aromatic heterocycles. The zero-order chi connectivity index (χ0) is 6.69. The van der Waals surface area contributed by atoms with E-state index in [1.807, 2.05) is 0 Å². The molecular formula is C6H12ClNO2. The monoisotopic (exact) mass is 165 g/mol. The highest BCUT2D eigenvalue weighted by molar-refractivity contribution is 5.69. The lowest BCUT2D eigenvalue weighted by atomic mass is 9.99. The molecule has 0 radical (unpaired) electrons. The fourth-order valence-corrected chi connectivity index (χ4v) is 1.17. The number of rotatable bonds is 1. The molecule has 3 nitrogen and oxygen atoms in total. The minimum absolute atomic E-state index is 0. The molecule has 0 saturated carbocycles. The minimum atomic E-state index is -0.622. The molecule has 3 N–H and O–H groups in total. The topological polar surface area (TPSA) is 53.9 Å². The molecule has 0 atom stereocenters. The van der Waals surface area contributed by atoms with Crippen molar-refractivity contribution in [2.75, 3.05) is 13.1 Å². The van der Waals surface area contributed by atoms with Crippen LogP contribution in [0.4, 0.5) is 0 Å². The van der Waals surface area contributed by atoms with Crippen LogP contribution >= 0.6 is 0 Å². The normalized spacial score (nSPS) is 19.6. The van der Waals surface area contributed by atoms with Gasteiger partial charge in [0.15, 0.2) is 0 Å². The van der Waals surface area contributed by atoms with Crippen molar-refractivity contribution in [3.8, 4) is 0 Å². The summed E-state index contributed by atoms with van der Waals surface area (Å²) in [6, 6.07) is 0. The molecule has 0 aromatic rings. The van der Waals surface area contributed by atoms with Crippen LogP contribution in [0.2, 0.25) is 0 Å². The van der Waals surface area contributed by atoms with Gasteiger partial charge in [0.05, 0.1) is 19.0 Å². The summed E-state index contributed by atoms with van der Waals surface area (Å²) in [4.78, 5) is 10.3. The van der Waals surface area contributed by atoms with Crippen LogP contribution in [0.3, 0.4) is 0 Å². The van der Waals surface area contributed by atoms with E-state index in [9.17, 15) is 4.79 Å². The Labute approximate surface area is 66.2 Å². The van der Waals surface area contributed by atoms with Crippen LogP contribution in [0, 0.1) is 5.92 Å². The van der Waals surface area contributed by atoms with Crippen molar-refractivity contribution in [2.45, 2.75) is 12.8 Å². The Morgan fingerprint density at radius 1 is 1.40 bits per heavy atom. The van der Waals surface area contributed by atoms with Gasteiger partial charge in [0.25, 0.3) is 0 Å². The number of carboxylic acids is 1. The minimum Gasteiger partial charge on any atom is -1.00 e. The molecule has 4 heteroatoms. The quantitative estimate of drug-likeness (QED) is 0.417. The largest absolute Gasteiger partial charge is 1.00 e. The number of aliphatic carboxylic acids is 1. The average Bonchev–Trinajstić information content (AvgIpc) is 1.90. The van der Waals surface area contributed by atoms with E-state index in [4.69, 9.17) is 5.11 Å². The summed E-state index contributed by atoms with van der Waals surface area (Å²) in [6.07, 6.45) is 1.69. The molecule has 1 heterocycles. The average molecular weight is 166 g/mol. The van der Waals surface area contributed by atoms with Crippen LogP contribution in [0.15, 0.2) is 0 Å². The Kier molecular flexibility index (Phi) is 4.40. The Morgan fingerprint density at radius 3 is 2.20 bits per heavy atom. The maximum absolute atomic E-state index is 10.3. The second kappa shape index (κ2) is 4.52. The first-order valence-electron chi connectivity index (χ1n) is 3.35. The predicted molar refractivity (Wildman–Crippen MR) is 32.0 cm³/mol. The van der Waals surface area contributed by atoms with Crippen molar-refractivity contribution in [1.82, 2.24) is 0 Å². The van der Waals surface area contributed by atoms with Crippen LogP contribution in [-0.2, 0) is 4.79 Å². The molecule has 1 rings (SSSR count). The van der Waals surface area contributed by atoms with Gasteiger partial charge in [-0.05, 0) is 0 Å². The zero-order valence-corrected chi connectivity index (χ0v) is 6.47. The molecule has 0 aromatic carbocycles. The van der Waals surface area contributed by atoms with Crippen LogP contribution in [0.5, 0.6) is 0 Å². The van der Waals surface area contributed by atoms with Crippen LogP contribution in [0.25, 0.3) is 0 Å². The molecule has 1 aliphatic rings. The summed E-state index contributed by atoms with van der Waals surface area (Å²) in [5.41, 5.74) is 0. The summed E-state index contributed by atoms with van der Waals surface area (Å²) in [7, 11) is 0. The Balaban J connectivity index is 0.000000810. The summed E-state index contributed by atoms with van der Waals surface area (Å²) in [6.45, 7) is 1.97. The fourth-order valence-electron chi connectivity index (χ4n) is 1.17. The van der Waals surface area contributed by atoms with Crippen molar-refractivity contribution in [2.24, 2.45) is 5.92 Å². The molecule has 1 saturated heterocycles. The zero-order valence-electron chi connectivity index (χ0n) is 5.72. The van der Waals surface area contributed by atoms with Crippen molar-refractivity contribution in [3.05, 3.63) is 0 Å². The lowest BCUT2D eigenvalue weighted by Gasteiger charge is -2.15. The molecule has 0 spiro atoms. The van der Waals surface area contributed by atoms with E-state index in [2.05, 4.69) is 5.32 Å². The van der Waals surface area contributed by atoms with Crippen LogP contribution in [0.1, 0.15) is 12.8 Å². The van der Waals surface area contributed by atoms with Crippen LogP contribution in [-0.4, -0.2) is 24.2 Å². The first-order valence-corrected chi connectivity index (χ1v) is 3.35. The third-order valence-corrected chi connectivity index (χ3v) is 1.79. The molecular weight excluding hydrogens is 154 g/mol. The van der Waals surface area contributed by atoms with E-state index in [0.29, 0.717) is 0 Å². The number of carboxylic acid groups (broad SMARTS) is 1. The van der Waals surface area contributed by atoms with Gasteiger partial charge in [0, 0.05) is 12.8 Å². The van der Waals surface area contributed by atoms with Gasteiger partial charge in [-0.15, -0.1) is 0 Å². The molecule has 0 amide bonds. The number of hydrogen-bond donors (Lipinski definition) is 2. The summed E-state index contributed by atoms with van der Waals surface area (Å²) >= 11 is 0. The molecule has 1 fully saturated rings. The number of piperidine rings is 1. The third-order valence-electron chi connectivity index (χ3n) is 1.79. The molecule has 0 bridgehead atoms. The van der Waals surface area contributed by atoms with E-state index in [0.717, 1.165) is 25.9 Å². The van der Waals surface area contributed by atoms with Gasteiger partial charge in [-0.3, -0.25) is 4.79 Å². The molecule has 0 aliphatic carbocycles. The standard InChI is InChI=1S/C6H11NO2.ClH/c8-6(9)5-1-3-7-4-2-5;/h5,7H,1-4H2,(H,8,9);1H. The van der Waals surface area contributed by atoms with E-state index >= 15 is 0 Å². The summed E-state index contributed by atoms with van der Waals surface area (Å²) < 4.78 is 0. The molecule has 1 aliphatic heterocycles. The third kappa shape index (κ3) is 2.54. The van der Waals surface area contributed by atoms with Gasteiger partial charge in [-0.1, -0.05) is 0 Å². The number of carbonyl (C=O) groups is 1.